The zero-order valence-electron chi connectivity index (χ0n) is 12.3. The van der Waals surface area contributed by atoms with E-state index in [1.165, 1.54) is 11.1 Å². The summed E-state index contributed by atoms with van der Waals surface area (Å²) in [5, 5.41) is 3.07. The van der Waals surface area contributed by atoms with Gasteiger partial charge in [-0.15, -0.1) is 11.3 Å². The fraction of sp³-hybridized carbons (Fsp3) is 0.400. The van der Waals surface area contributed by atoms with Crippen molar-refractivity contribution in [1.29, 1.82) is 0 Å². The lowest BCUT2D eigenvalue weighted by atomic mass is 9.99. The topological polar surface area (TPSA) is 60.6 Å². The molecule has 0 unspecified atom stereocenters. The largest absolute Gasteiger partial charge is 0.493 e. The van der Waals surface area contributed by atoms with E-state index in [0.29, 0.717) is 6.54 Å². The summed E-state index contributed by atoms with van der Waals surface area (Å²) < 4.78 is 10.8. The number of fused-ring (bicyclic) bond motifs is 1. The molecule has 1 aliphatic rings. The van der Waals surface area contributed by atoms with Crippen LogP contribution in [0, 0.1) is 0 Å². The summed E-state index contributed by atoms with van der Waals surface area (Å²) in [5.41, 5.74) is 9.17. The molecule has 0 aliphatic carbocycles. The van der Waals surface area contributed by atoms with Crippen molar-refractivity contribution in [2.75, 3.05) is 25.7 Å². The van der Waals surface area contributed by atoms with E-state index in [1.807, 2.05) is 5.38 Å². The second-order valence-corrected chi connectivity index (χ2v) is 5.81. The minimum atomic E-state index is 0.492. The van der Waals surface area contributed by atoms with Crippen molar-refractivity contribution in [1.82, 2.24) is 4.98 Å². The molecule has 0 amide bonds. The predicted octanol–water partition coefficient (Wildman–Crippen LogP) is 2.18. The van der Waals surface area contributed by atoms with Crippen molar-refractivity contribution in [3.8, 4) is 11.5 Å². The van der Waals surface area contributed by atoms with Crippen LogP contribution in [0.2, 0.25) is 0 Å². The van der Waals surface area contributed by atoms with Gasteiger partial charge in [0.05, 0.1) is 19.9 Å². The summed E-state index contributed by atoms with van der Waals surface area (Å²) >= 11 is 1.65. The Labute approximate surface area is 128 Å². The summed E-state index contributed by atoms with van der Waals surface area (Å²) in [7, 11) is 3.34. The number of anilines is 1. The fourth-order valence-corrected chi connectivity index (χ4v) is 3.45. The minimum absolute atomic E-state index is 0.492. The van der Waals surface area contributed by atoms with Gasteiger partial charge in [0.15, 0.2) is 16.6 Å². The second kappa shape index (κ2) is 5.91. The lowest BCUT2D eigenvalue weighted by Gasteiger charge is -2.29. The standard InChI is InChI=1S/C15H19N3O2S/c1-19-13-5-10-3-4-18(8-11(10)6-14(13)20-2)15-17-12(7-16)9-21-15/h5-6,9H,3-4,7-8,16H2,1-2H3. The van der Waals surface area contributed by atoms with Gasteiger partial charge in [0.2, 0.25) is 0 Å². The molecule has 0 atom stereocenters. The van der Waals surface area contributed by atoms with Gasteiger partial charge in [0.1, 0.15) is 0 Å². The van der Waals surface area contributed by atoms with Crippen LogP contribution in [-0.4, -0.2) is 25.7 Å². The number of rotatable bonds is 4. The van der Waals surface area contributed by atoms with Crippen molar-refractivity contribution < 1.29 is 9.47 Å². The van der Waals surface area contributed by atoms with Gasteiger partial charge in [-0.1, -0.05) is 0 Å². The number of nitrogens with zero attached hydrogens (tertiary/aromatic N) is 2. The molecule has 1 aromatic carbocycles. The fourth-order valence-electron chi connectivity index (χ4n) is 2.58. The quantitative estimate of drug-likeness (QED) is 0.938. The van der Waals surface area contributed by atoms with Gasteiger partial charge in [-0.25, -0.2) is 4.98 Å². The highest BCUT2D eigenvalue weighted by molar-refractivity contribution is 7.13. The third-order valence-electron chi connectivity index (χ3n) is 3.74. The van der Waals surface area contributed by atoms with Crippen LogP contribution in [0.3, 0.4) is 0 Å². The number of thiazole rings is 1. The number of hydrogen-bond donors (Lipinski definition) is 1. The predicted molar refractivity (Wildman–Crippen MR) is 84.3 cm³/mol. The average Bonchev–Trinajstić information content (AvgIpc) is 3.02. The molecule has 0 spiro atoms. The summed E-state index contributed by atoms with van der Waals surface area (Å²) in [6, 6.07) is 4.15. The van der Waals surface area contributed by atoms with Gasteiger partial charge in [-0.3, -0.25) is 0 Å². The molecule has 0 bridgehead atoms. The van der Waals surface area contributed by atoms with Gasteiger partial charge in [-0.2, -0.15) is 0 Å². The zero-order chi connectivity index (χ0) is 14.8. The molecular weight excluding hydrogens is 286 g/mol. The first-order valence-electron chi connectivity index (χ1n) is 6.88. The van der Waals surface area contributed by atoms with Crippen molar-refractivity contribution >= 4 is 16.5 Å². The van der Waals surface area contributed by atoms with E-state index in [4.69, 9.17) is 15.2 Å². The molecule has 1 aromatic heterocycles. The van der Waals surface area contributed by atoms with Crippen LogP contribution in [0.25, 0.3) is 0 Å². The molecule has 2 N–H and O–H groups in total. The molecule has 3 rings (SSSR count). The van der Waals surface area contributed by atoms with Gasteiger partial charge >= 0.3 is 0 Å². The zero-order valence-corrected chi connectivity index (χ0v) is 13.1. The van der Waals surface area contributed by atoms with Crippen LogP contribution in [0.5, 0.6) is 11.5 Å². The maximum atomic E-state index is 5.63. The molecule has 0 saturated heterocycles. The number of benzene rings is 1. The molecule has 0 saturated carbocycles. The van der Waals surface area contributed by atoms with Gasteiger partial charge in [-0.05, 0) is 29.7 Å². The number of nitrogens with two attached hydrogens (primary N) is 1. The first-order chi connectivity index (χ1) is 10.2. The molecule has 1 aliphatic heterocycles. The maximum Gasteiger partial charge on any atom is 0.185 e. The lowest BCUT2D eigenvalue weighted by molar-refractivity contribution is 0.353. The highest BCUT2D eigenvalue weighted by atomic mass is 32.1. The number of methoxy groups -OCH3 is 2. The van der Waals surface area contributed by atoms with E-state index in [2.05, 4.69) is 22.0 Å². The maximum absolute atomic E-state index is 5.63. The summed E-state index contributed by atoms with van der Waals surface area (Å²) in [5.74, 6) is 1.57. The highest BCUT2D eigenvalue weighted by Crippen LogP contribution is 2.34. The van der Waals surface area contributed by atoms with Gasteiger partial charge in [0, 0.05) is 25.0 Å². The van der Waals surface area contributed by atoms with E-state index in [1.54, 1.807) is 25.6 Å². The smallest absolute Gasteiger partial charge is 0.185 e. The van der Waals surface area contributed by atoms with Crippen LogP contribution >= 0.6 is 11.3 Å². The minimum Gasteiger partial charge on any atom is -0.493 e. The van der Waals surface area contributed by atoms with E-state index in [0.717, 1.165) is 41.8 Å². The SMILES string of the molecule is COc1cc2c(cc1OC)CN(c1nc(CN)cs1)CC2. The first-order valence-corrected chi connectivity index (χ1v) is 7.76. The molecule has 0 fully saturated rings. The first kappa shape index (κ1) is 14.2. The van der Waals surface area contributed by atoms with Crippen molar-refractivity contribution in [3.05, 3.63) is 34.3 Å². The molecule has 5 nitrogen and oxygen atoms in total. The monoisotopic (exact) mass is 305 g/mol. The van der Waals surface area contributed by atoms with Crippen molar-refractivity contribution in [2.24, 2.45) is 5.73 Å². The molecule has 2 heterocycles. The summed E-state index contributed by atoms with van der Waals surface area (Å²) in [6.45, 7) is 2.29. The third-order valence-corrected chi connectivity index (χ3v) is 4.69. The highest BCUT2D eigenvalue weighted by Gasteiger charge is 2.21. The Balaban J connectivity index is 1.87. The molecule has 2 aromatic rings. The van der Waals surface area contributed by atoms with Crippen LogP contribution in [0.15, 0.2) is 17.5 Å². The second-order valence-electron chi connectivity index (χ2n) is 4.97. The van der Waals surface area contributed by atoms with Crippen LogP contribution in [-0.2, 0) is 19.5 Å². The normalized spacial score (nSPS) is 14.0. The summed E-state index contributed by atoms with van der Waals surface area (Å²) in [4.78, 5) is 6.85. The van der Waals surface area contributed by atoms with Gasteiger partial charge in [0.25, 0.3) is 0 Å². The third kappa shape index (κ3) is 2.69. The Morgan fingerprint density at radius 2 is 1.95 bits per heavy atom. The van der Waals surface area contributed by atoms with E-state index < -0.39 is 0 Å². The molecular formula is C15H19N3O2S. The Morgan fingerprint density at radius 1 is 1.24 bits per heavy atom. The Morgan fingerprint density at radius 3 is 2.57 bits per heavy atom. The van der Waals surface area contributed by atoms with E-state index in [9.17, 15) is 0 Å². The van der Waals surface area contributed by atoms with E-state index >= 15 is 0 Å². The number of ether oxygens (including phenoxy) is 2. The number of aromatic nitrogens is 1. The Hall–Kier alpha value is -1.79. The lowest BCUT2D eigenvalue weighted by Crippen LogP contribution is -2.30. The molecule has 6 heteroatoms. The molecule has 112 valence electrons. The summed E-state index contributed by atoms with van der Waals surface area (Å²) in [6.07, 6.45) is 0.979. The number of hydrogen-bond acceptors (Lipinski definition) is 6. The van der Waals surface area contributed by atoms with Crippen LogP contribution in [0.1, 0.15) is 16.8 Å². The van der Waals surface area contributed by atoms with Crippen LogP contribution < -0.4 is 20.1 Å². The molecule has 0 radical (unpaired) electrons. The van der Waals surface area contributed by atoms with Crippen molar-refractivity contribution in [3.63, 3.8) is 0 Å². The molecule has 21 heavy (non-hydrogen) atoms. The van der Waals surface area contributed by atoms with Gasteiger partial charge < -0.3 is 20.1 Å². The van der Waals surface area contributed by atoms with Crippen LogP contribution in [0.4, 0.5) is 5.13 Å². The van der Waals surface area contributed by atoms with Crippen molar-refractivity contribution in [2.45, 2.75) is 19.5 Å². The van der Waals surface area contributed by atoms with E-state index in [-0.39, 0.29) is 0 Å². The Kier molecular flexibility index (Phi) is 3.98. The Bertz CT molecular complexity index is 642. The average molecular weight is 305 g/mol.